The molecule has 0 saturated carbocycles. The normalized spacial score (nSPS) is 14.2. The number of piperazine rings is 1. The quantitative estimate of drug-likeness (QED) is 0.487. The van der Waals surface area contributed by atoms with E-state index in [9.17, 15) is 4.79 Å². The van der Waals surface area contributed by atoms with Gasteiger partial charge in [0.15, 0.2) is 0 Å². The van der Waals surface area contributed by atoms with Crippen molar-refractivity contribution in [3.8, 4) is 11.3 Å². The summed E-state index contributed by atoms with van der Waals surface area (Å²) >= 11 is 0. The predicted molar refractivity (Wildman–Crippen MR) is 119 cm³/mol. The zero-order chi connectivity index (χ0) is 20.5. The zero-order valence-electron chi connectivity index (χ0n) is 16.7. The molecule has 4 heterocycles. The van der Waals surface area contributed by atoms with Gasteiger partial charge < -0.3 is 25.1 Å². The fourth-order valence-corrected chi connectivity index (χ4v) is 3.96. The summed E-state index contributed by atoms with van der Waals surface area (Å²) in [4.78, 5) is 26.6. The third kappa shape index (κ3) is 3.31. The average Bonchev–Trinajstić information content (AvgIpc) is 3.21. The first kappa shape index (κ1) is 18.4. The van der Waals surface area contributed by atoms with Crippen LogP contribution in [-0.2, 0) is 7.05 Å². The van der Waals surface area contributed by atoms with E-state index >= 15 is 0 Å². The van der Waals surface area contributed by atoms with Gasteiger partial charge in [-0.25, -0.2) is 9.97 Å². The van der Waals surface area contributed by atoms with Crippen molar-refractivity contribution in [2.75, 3.05) is 36.4 Å². The van der Waals surface area contributed by atoms with Crippen molar-refractivity contribution in [2.24, 2.45) is 7.05 Å². The first-order valence-corrected chi connectivity index (χ1v) is 10.0. The number of nitrogens with one attached hydrogen (secondary N) is 3. The Hall–Kier alpha value is -3.65. The molecule has 1 saturated heterocycles. The van der Waals surface area contributed by atoms with Gasteiger partial charge >= 0.3 is 0 Å². The number of hydrogen-bond donors (Lipinski definition) is 3. The highest BCUT2D eigenvalue weighted by Crippen LogP contribution is 2.32. The summed E-state index contributed by atoms with van der Waals surface area (Å²) in [6.45, 7) is 3.92. The number of pyridine rings is 2. The summed E-state index contributed by atoms with van der Waals surface area (Å²) < 4.78 is 1.94. The second kappa shape index (κ2) is 7.64. The summed E-state index contributed by atoms with van der Waals surface area (Å²) in [5, 5.41) is 8.14. The smallest absolute Gasteiger partial charge is 0.257 e. The van der Waals surface area contributed by atoms with Gasteiger partial charge in [0.05, 0.1) is 41.2 Å². The Bertz CT molecular complexity index is 1240. The van der Waals surface area contributed by atoms with E-state index in [-0.39, 0.29) is 5.56 Å². The van der Waals surface area contributed by atoms with E-state index in [2.05, 4.69) is 36.6 Å². The maximum absolute atomic E-state index is 12.7. The Morgan fingerprint density at radius 1 is 1.07 bits per heavy atom. The fraction of sp³-hybridized carbons (Fsp3) is 0.227. The van der Waals surface area contributed by atoms with Crippen LogP contribution in [0.15, 0.2) is 60.0 Å². The van der Waals surface area contributed by atoms with E-state index in [1.165, 1.54) is 0 Å². The molecule has 5 rings (SSSR count). The minimum Gasteiger partial charge on any atom is -0.368 e. The van der Waals surface area contributed by atoms with E-state index < -0.39 is 0 Å². The number of rotatable bonds is 4. The molecule has 3 aromatic heterocycles. The predicted octanol–water partition coefficient (Wildman–Crippen LogP) is 2.48. The number of hydrogen-bond acceptors (Lipinski definition) is 6. The summed E-state index contributed by atoms with van der Waals surface area (Å²) in [5.41, 5.74) is 3.60. The molecule has 1 aliphatic heterocycles. The van der Waals surface area contributed by atoms with Crippen LogP contribution in [-0.4, -0.2) is 45.7 Å². The van der Waals surface area contributed by atoms with Gasteiger partial charge in [0.25, 0.3) is 5.56 Å². The number of aryl methyl sites for hydroxylation is 1. The van der Waals surface area contributed by atoms with Crippen molar-refractivity contribution < 1.29 is 0 Å². The van der Waals surface area contributed by atoms with E-state index in [1.54, 1.807) is 18.7 Å². The van der Waals surface area contributed by atoms with Gasteiger partial charge in [-0.2, -0.15) is 0 Å². The van der Waals surface area contributed by atoms with Crippen LogP contribution in [0.5, 0.6) is 0 Å². The highest BCUT2D eigenvalue weighted by Gasteiger charge is 2.14. The number of anilines is 3. The Balaban J connectivity index is 1.51. The summed E-state index contributed by atoms with van der Waals surface area (Å²) in [5.74, 6) is 0.701. The molecular weight excluding hydrogens is 378 g/mol. The molecule has 0 aliphatic carbocycles. The maximum atomic E-state index is 12.7. The Morgan fingerprint density at radius 3 is 2.67 bits per heavy atom. The minimum absolute atomic E-state index is 0.142. The molecule has 1 fully saturated rings. The van der Waals surface area contributed by atoms with Gasteiger partial charge in [-0.15, -0.1) is 0 Å². The highest BCUT2D eigenvalue weighted by molar-refractivity contribution is 6.03. The zero-order valence-corrected chi connectivity index (χ0v) is 16.7. The first-order valence-electron chi connectivity index (χ1n) is 10.0. The molecule has 0 unspecified atom stereocenters. The van der Waals surface area contributed by atoms with Crippen LogP contribution in [0.1, 0.15) is 0 Å². The van der Waals surface area contributed by atoms with Crippen LogP contribution in [0, 0.1) is 0 Å². The van der Waals surface area contributed by atoms with E-state index in [1.807, 2.05) is 42.1 Å². The molecule has 0 amide bonds. The van der Waals surface area contributed by atoms with E-state index in [0.717, 1.165) is 54.2 Å². The number of benzene rings is 1. The Morgan fingerprint density at radius 2 is 1.93 bits per heavy atom. The summed E-state index contributed by atoms with van der Waals surface area (Å²) in [6, 6.07) is 9.87. The molecule has 8 heteroatoms. The number of fused-ring (bicyclic) bond motifs is 1. The Labute approximate surface area is 173 Å². The molecule has 4 aromatic rings. The van der Waals surface area contributed by atoms with Crippen molar-refractivity contribution in [3.63, 3.8) is 0 Å². The molecule has 8 nitrogen and oxygen atoms in total. The highest BCUT2D eigenvalue weighted by atomic mass is 16.1. The number of nitrogens with zero attached hydrogens (tertiary/aromatic N) is 4. The monoisotopic (exact) mass is 401 g/mol. The SMILES string of the molecule is Cn1cncc1-c1ccc(Nc2ccc(N3CCNCC3)cn2)c2c(=O)[nH]ccc12. The summed E-state index contributed by atoms with van der Waals surface area (Å²) in [6.07, 6.45) is 7.11. The lowest BCUT2D eigenvalue weighted by Crippen LogP contribution is -2.43. The van der Waals surface area contributed by atoms with Crippen molar-refractivity contribution >= 4 is 28.0 Å². The van der Waals surface area contributed by atoms with Crippen molar-refractivity contribution in [3.05, 3.63) is 65.6 Å². The Kier molecular flexibility index (Phi) is 4.68. The van der Waals surface area contributed by atoms with Gasteiger partial charge in [0, 0.05) is 50.4 Å². The van der Waals surface area contributed by atoms with Crippen LogP contribution < -0.4 is 21.1 Å². The molecule has 0 spiro atoms. The molecule has 0 atom stereocenters. The number of aromatic nitrogens is 4. The lowest BCUT2D eigenvalue weighted by molar-refractivity contribution is 0.589. The second-order valence-electron chi connectivity index (χ2n) is 7.41. The van der Waals surface area contributed by atoms with Crippen LogP contribution in [0.4, 0.5) is 17.2 Å². The summed E-state index contributed by atoms with van der Waals surface area (Å²) in [7, 11) is 1.94. The molecule has 152 valence electrons. The molecule has 30 heavy (non-hydrogen) atoms. The molecule has 0 radical (unpaired) electrons. The molecule has 1 aliphatic rings. The van der Waals surface area contributed by atoms with Crippen molar-refractivity contribution in [2.45, 2.75) is 0 Å². The van der Waals surface area contributed by atoms with E-state index in [0.29, 0.717) is 11.2 Å². The van der Waals surface area contributed by atoms with Gasteiger partial charge in [-0.3, -0.25) is 4.79 Å². The molecule has 1 aromatic carbocycles. The standard InChI is InChI=1S/C22H23N7O/c1-28-14-24-13-19(28)16-3-4-18(21-17(16)6-7-25-22(21)30)27-20-5-2-15(12-26-20)29-10-8-23-9-11-29/h2-7,12-14,23H,8-11H2,1H3,(H,25,30)(H,26,27). The maximum Gasteiger partial charge on any atom is 0.257 e. The van der Waals surface area contributed by atoms with Crippen molar-refractivity contribution in [1.29, 1.82) is 0 Å². The van der Waals surface area contributed by atoms with Crippen LogP contribution >= 0.6 is 0 Å². The van der Waals surface area contributed by atoms with Gasteiger partial charge in [-0.1, -0.05) is 6.07 Å². The van der Waals surface area contributed by atoms with Crippen LogP contribution in [0.25, 0.3) is 22.0 Å². The number of imidazole rings is 1. The van der Waals surface area contributed by atoms with E-state index in [4.69, 9.17) is 0 Å². The third-order valence-electron chi connectivity index (χ3n) is 5.52. The lowest BCUT2D eigenvalue weighted by atomic mass is 10.0. The van der Waals surface area contributed by atoms with Crippen LogP contribution in [0.3, 0.4) is 0 Å². The second-order valence-corrected chi connectivity index (χ2v) is 7.41. The lowest BCUT2D eigenvalue weighted by Gasteiger charge is -2.29. The minimum atomic E-state index is -0.142. The molecule has 0 bridgehead atoms. The topological polar surface area (TPSA) is 90.9 Å². The molecular formula is C22H23N7O. The van der Waals surface area contributed by atoms with Gasteiger partial charge in [-0.05, 0) is 24.3 Å². The van der Waals surface area contributed by atoms with Gasteiger partial charge in [0.1, 0.15) is 5.82 Å². The fourth-order valence-electron chi connectivity index (χ4n) is 3.96. The average molecular weight is 401 g/mol. The van der Waals surface area contributed by atoms with Crippen molar-refractivity contribution in [1.82, 2.24) is 24.8 Å². The van der Waals surface area contributed by atoms with Crippen LogP contribution in [0.2, 0.25) is 0 Å². The molecule has 3 N–H and O–H groups in total. The first-order chi connectivity index (χ1) is 14.7. The number of H-pyrrole nitrogens is 1. The largest absolute Gasteiger partial charge is 0.368 e. The third-order valence-corrected chi connectivity index (χ3v) is 5.52. The van der Waals surface area contributed by atoms with Gasteiger partial charge in [0.2, 0.25) is 0 Å². The number of aromatic amines is 1.